The zero-order chi connectivity index (χ0) is 19.8. The van der Waals surface area contributed by atoms with Gasteiger partial charge in [-0.25, -0.2) is 4.39 Å². The molecular formula is C19H21FN4O2S. The van der Waals surface area contributed by atoms with Crippen LogP contribution in [0.25, 0.3) is 0 Å². The first-order chi connectivity index (χ1) is 12.7. The molecule has 142 valence electrons. The maximum atomic E-state index is 13.8. The van der Waals surface area contributed by atoms with Crippen LogP contribution in [-0.2, 0) is 6.42 Å². The highest BCUT2D eigenvalue weighted by Gasteiger charge is 2.36. The summed E-state index contributed by atoms with van der Waals surface area (Å²) in [5, 5.41) is 6.92. The number of fused-ring (bicyclic) bond motifs is 1. The lowest BCUT2D eigenvalue weighted by atomic mass is 9.75. The molecule has 1 amide bonds. The Labute approximate surface area is 162 Å². The van der Waals surface area contributed by atoms with Crippen LogP contribution in [0, 0.1) is 18.2 Å². The molecule has 0 unspecified atom stereocenters. The number of rotatable bonds is 3. The first kappa shape index (κ1) is 19.0. The number of nitrogens with zero attached hydrogens (tertiary/aromatic N) is 1. The minimum Gasteiger partial charge on any atom is -0.455 e. The molecule has 0 fully saturated rings. The van der Waals surface area contributed by atoms with Crippen molar-refractivity contribution in [1.29, 1.82) is 0 Å². The molecule has 8 heteroatoms. The van der Waals surface area contributed by atoms with Gasteiger partial charge in [-0.2, -0.15) is 5.10 Å². The molecule has 1 aliphatic rings. The number of amides is 1. The van der Waals surface area contributed by atoms with Gasteiger partial charge in [-0.15, -0.1) is 0 Å². The molecule has 0 aliphatic heterocycles. The van der Waals surface area contributed by atoms with E-state index >= 15 is 0 Å². The van der Waals surface area contributed by atoms with Crippen molar-refractivity contribution in [3.05, 3.63) is 52.7 Å². The Hall–Kier alpha value is -2.74. The largest absolute Gasteiger partial charge is 0.455 e. The van der Waals surface area contributed by atoms with Crippen LogP contribution in [0.1, 0.15) is 47.7 Å². The van der Waals surface area contributed by atoms with E-state index in [1.54, 1.807) is 19.1 Å². The Kier molecular flexibility index (Phi) is 5.01. The number of hydrazone groups is 1. The first-order valence-corrected chi connectivity index (χ1v) is 8.89. The predicted molar refractivity (Wildman–Crippen MR) is 106 cm³/mol. The van der Waals surface area contributed by atoms with Gasteiger partial charge in [0.2, 0.25) is 0 Å². The van der Waals surface area contributed by atoms with E-state index in [4.69, 9.17) is 22.4 Å². The Balaban J connectivity index is 1.98. The number of nitrogens with two attached hydrogens (primary N) is 1. The molecule has 0 atom stereocenters. The summed E-state index contributed by atoms with van der Waals surface area (Å²) in [6, 6.07) is 5.98. The Morgan fingerprint density at radius 2 is 2.04 bits per heavy atom. The number of benzene rings is 1. The van der Waals surface area contributed by atoms with Crippen molar-refractivity contribution in [2.75, 3.05) is 5.32 Å². The van der Waals surface area contributed by atoms with Crippen molar-refractivity contribution in [2.45, 2.75) is 33.6 Å². The van der Waals surface area contributed by atoms with Crippen LogP contribution in [0.3, 0.4) is 0 Å². The van der Waals surface area contributed by atoms with Crippen molar-refractivity contribution >= 4 is 34.6 Å². The van der Waals surface area contributed by atoms with Gasteiger partial charge in [-0.3, -0.25) is 10.2 Å². The lowest BCUT2D eigenvalue weighted by Gasteiger charge is -2.29. The summed E-state index contributed by atoms with van der Waals surface area (Å²) < 4.78 is 19.7. The summed E-state index contributed by atoms with van der Waals surface area (Å²) >= 11 is 4.82. The minimum absolute atomic E-state index is 0.0612. The van der Waals surface area contributed by atoms with E-state index in [2.05, 4.69) is 29.7 Å². The summed E-state index contributed by atoms with van der Waals surface area (Å²) in [6.45, 7) is 5.96. The lowest BCUT2D eigenvalue weighted by Crippen LogP contribution is -2.31. The maximum Gasteiger partial charge on any atom is 0.291 e. The van der Waals surface area contributed by atoms with Crippen LogP contribution < -0.4 is 16.5 Å². The molecular weight excluding hydrogens is 367 g/mol. The molecule has 3 rings (SSSR count). The molecule has 0 saturated heterocycles. The number of hydrogen-bond donors (Lipinski definition) is 3. The number of nitrogens with one attached hydrogen (secondary N) is 2. The van der Waals surface area contributed by atoms with Crippen LogP contribution >= 0.6 is 12.2 Å². The van der Waals surface area contributed by atoms with E-state index in [0.717, 1.165) is 11.3 Å². The smallest absolute Gasteiger partial charge is 0.291 e. The minimum atomic E-state index is -0.510. The Bertz CT molecular complexity index is 949. The number of para-hydroxylation sites is 1. The SMILES string of the molecule is Cc1c(C(=O)Nc2ccccc2F)oc2c1/C(=N\NC(N)=S)CC(C)(C)C2. The van der Waals surface area contributed by atoms with E-state index in [9.17, 15) is 9.18 Å². The molecule has 1 heterocycles. The summed E-state index contributed by atoms with van der Waals surface area (Å²) in [4.78, 5) is 12.7. The van der Waals surface area contributed by atoms with Gasteiger partial charge in [0.15, 0.2) is 10.9 Å². The van der Waals surface area contributed by atoms with Crippen molar-refractivity contribution < 1.29 is 13.6 Å². The number of furan rings is 1. The van der Waals surface area contributed by atoms with Crippen molar-refractivity contribution in [3.63, 3.8) is 0 Å². The number of anilines is 1. The molecule has 0 radical (unpaired) electrons. The summed E-state index contributed by atoms with van der Waals surface area (Å²) in [6.07, 6.45) is 1.33. The molecule has 1 aliphatic carbocycles. The third kappa shape index (κ3) is 4.00. The predicted octanol–water partition coefficient (Wildman–Crippen LogP) is 3.49. The number of halogens is 1. The van der Waals surface area contributed by atoms with E-state index in [-0.39, 0.29) is 22.0 Å². The van der Waals surface area contributed by atoms with Gasteiger partial charge in [0, 0.05) is 17.5 Å². The Morgan fingerprint density at radius 1 is 1.33 bits per heavy atom. The zero-order valence-electron chi connectivity index (χ0n) is 15.4. The highest BCUT2D eigenvalue weighted by molar-refractivity contribution is 7.80. The molecule has 1 aromatic carbocycles. The van der Waals surface area contributed by atoms with Gasteiger partial charge in [0.25, 0.3) is 5.91 Å². The van der Waals surface area contributed by atoms with Crippen molar-refractivity contribution in [3.8, 4) is 0 Å². The van der Waals surface area contributed by atoms with Gasteiger partial charge >= 0.3 is 0 Å². The summed E-state index contributed by atoms with van der Waals surface area (Å²) in [5.74, 6) is -0.203. The molecule has 27 heavy (non-hydrogen) atoms. The average molecular weight is 388 g/mol. The molecule has 1 aromatic heterocycles. The van der Waals surface area contributed by atoms with Gasteiger partial charge in [-0.05, 0) is 43.1 Å². The molecule has 0 saturated carbocycles. The summed E-state index contributed by atoms with van der Waals surface area (Å²) in [5.41, 5.74) is 10.2. The standard InChI is InChI=1S/C19H21FN4O2S/c1-10-15-13(23-24-18(21)27)8-19(2,3)9-14(15)26-16(10)17(25)22-12-7-5-4-6-11(12)20/h4-7H,8-9H2,1-3H3,(H,22,25)(H3,21,24,27)/b23-13-. The maximum absolute atomic E-state index is 13.8. The van der Waals surface area contributed by atoms with Gasteiger partial charge in [0.1, 0.15) is 11.6 Å². The van der Waals surface area contributed by atoms with Crippen molar-refractivity contribution in [2.24, 2.45) is 16.3 Å². The van der Waals surface area contributed by atoms with Gasteiger partial charge in [-0.1, -0.05) is 26.0 Å². The topological polar surface area (TPSA) is 92.6 Å². The quantitative estimate of drug-likeness (QED) is 0.553. The highest BCUT2D eigenvalue weighted by Crippen LogP contribution is 2.39. The Morgan fingerprint density at radius 3 is 2.70 bits per heavy atom. The molecule has 0 bridgehead atoms. The van der Waals surface area contributed by atoms with Crippen LogP contribution in [0.2, 0.25) is 0 Å². The van der Waals surface area contributed by atoms with Crippen molar-refractivity contribution in [1.82, 2.24) is 5.43 Å². The molecule has 4 N–H and O–H groups in total. The number of carbonyl (C=O) groups excluding carboxylic acids is 1. The van der Waals surface area contributed by atoms with Crippen LogP contribution in [0.15, 0.2) is 33.8 Å². The van der Waals surface area contributed by atoms with Crippen LogP contribution in [0.4, 0.5) is 10.1 Å². The normalized spacial score (nSPS) is 16.7. The molecule has 6 nitrogen and oxygen atoms in total. The second kappa shape index (κ2) is 7.11. The van der Waals surface area contributed by atoms with Gasteiger partial charge in [0.05, 0.1) is 11.4 Å². The number of thiocarbonyl (C=S) groups is 1. The van der Waals surface area contributed by atoms with Crippen LogP contribution in [-0.4, -0.2) is 16.7 Å². The third-order valence-electron chi connectivity index (χ3n) is 4.42. The number of hydrogen-bond acceptors (Lipinski definition) is 4. The fourth-order valence-electron chi connectivity index (χ4n) is 3.29. The third-order valence-corrected chi connectivity index (χ3v) is 4.51. The summed E-state index contributed by atoms with van der Waals surface area (Å²) in [7, 11) is 0. The molecule has 2 aromatic rings. The highest BCUT2D eigenvalue weighted by atomic mass is 32.1. The second-order valence-corrected chi connectivity index (χ2v) is 7.78. The van der Waals surface area contributed by atoms with Crippen LogP contribution in [0.5, 0.6) is 0 Å². The monoisotopic (exact) mass is 388 g/mol. The number of carbonyl (C=O) groups is 1. The van der Waals surface area contributed by atoms with E-state index in [1.807, 2.05) is 0 Å². The van der Waals surface area contributed by atoms with E-state index < -0.39 is 11.7 Å². The lowest BCUT2D eigenvalue weighted by molar-refractivity contribution is 0.0992. The average Bonchev–Trinajstić information content (AvgIpc) is 2.90. The van der Waals surface area contributed by atoms with E-state index in [0.29, 0.717) is 24.2 Å². The molecule has 0 spiro atoms. The van der Waals surface area contributed by atoms with E-state index in [1.165, 1.54) is 12.1 Å². The second-order valence-electron chi connectivity index (χ2n) is 7.34. The first-order valence-electron chi connectivity index (χ1n) is 8.48. The van der Waals surface area contributed by atoms with Gasteiger partial charge < -0.3 is 15.5 Å². The fraction of sp³-hybridized carbons (Fsp3) is 0.316. The zero-order valence-corrected chi connectivity index (χ0v) is 16.2. The fourth-order valence-corrected chi connectivity index (χ4v) is 3.34.